The largest absolute Gasteiger partial charge is 0.294 e. The molecule has 0 radical (unpaired) electrons. The van der Waals surface area contributed by atoms with Crippen molar-refractivity contribution in [2.45, 2.75) is 11.8 Å². The molecule has 0 amide bonds. The zero-order valence-electron chi connectivity index (χ0n) is 24.1. The Labute approximate surface area is 257 Å². The van der Waals surface area contributed by atoms with E-state index in [1.165, 1.54) is 50.1 Å². The van der Waals surface area contributed by atoms with E-state index in [1.54, 1.807) is 0 Å². The summed E-state index contributed by atoms with van der Waals surface area (Å²) in [5, 5.41) is 2.23. The lowest BCUT2D eigenvalue weighted by Crippen LogP contribution is -2.25. The number of carbonyl (C=O) groups excluding carboxylic acids is 1. The van der Waals surface area contributed by atoms with Crippen molar-refractivity contribution in [2.24, 2.45) is 0 Å². The second kappa shape index (κ2) is 9.49. The molecule has 0 saturated carbocycles. The van der Waals surface area contributed by atoms with E-state index in [1.807, 2.05) is 30.3 Å². The second-order valence-electron chi connectivity index (χ2n) is 11.9. The van der Waals surface area contributed by atoms with Crippen LogP contribution in [-0.2, 0) is 11.8 Å². The minimum absolute atomic E-state index is 0.131. The van der Waals surface area contributed by atoms with Crippen molar-refractivity contribution >= 4 is 16.6 Å². The Morgan fingerprint density at radius 3 is 1.68 bits per heavy atom. The van der Waals surface area contributed by atoms with Crippen LogP contribution < -0.4 is 0 Å². The van der Waals surface area contributed by atoms with E-state index >= 15 is 0 Å². The topological polar surface area (TPSA) is 17.1 Å². The van der Waals surface area contributed by atoms with Crippen LogP contribution in [0.3, 0.4) is 0 Å². The highest BCUT2D eigenvalue weighted by Crippen LogP contribution is 2.63. The molecule has 1 heteroatoms. The maximum Gasteiger partial charge on any atom is 0.167 e. The molecule has 7 aromatic rings. The van der Waals surface area contributed by atoms with Crippen LogP contribution in [0, 0.1) is 0 Å². The van der Waals surface area contributed by atoms with Crippen molar-refractivity contribution in [3.63, 3.8) is 0 Å². The van der Waals surface area contributed by atoms with Crippen LogP contribution in [0.4, 0.5) is 0 Å². The maximum atomic E-state index is 13.8. The number of fused-ring (bicyclic) bond motifs is 11. The molecule has 44 heavy (non-hydrogen) atoms. The number of hydrogen-bond donors (Lipinski definition) is 0. The van der Waals surface area contributed by atoms with Gasteiger partial charge in [-0.2, -0.15) is 0 Å². The number of benzene rings is 7. The summed E-state index contributed by atoms with van der Waals surface area (Å²) in [7, 11) is 0. The molecule has 9 rings (SSSR count). The second-order valence-corrected chi connectivity index (χ2v) is 11.9. The highest BCUT2D eigenvalue weighted by molar-refractivity contribution is 6.03. The van der Waals surface area contributed by atoms with Crippen molar-refractivity contribution < 1.29 is 4.79 Å². The first-order valence-electron chi connectivity index (χ1n) is 15.3. The predicted molar refractivity (Wildman–Crippen MR) is 180 cm³/mol. The smallest absolute Gasteiger partial charge is 0.167 e. The normalized spacial score (nSPS) is 13.4. The predicted octanol–water partition coefficient (Wildman–Crippen LogP) is 10.3. The van der Waals surface area contributed by atoms with Crippen LogP contribution in [-0.4, -0.2) is 5.78 Å². The van der Waals surface area contributed by atoms with Gasteiger partial charge in [-0.1, -0.05) is 152 Å². The van der Waals surface area contributed by atoms with Gasteiger partial charge in [-0.3, -0.25) is 4.79 Å². The Balaban J connectivity index is 1.24. The third-order valence-electron chi connectivity index (χ3n) is 9.75. The van der Waals surface area contributed by atoms with Gasteiger partial charge in [0.15, 0.2) is 5.78 Å². The van der Waals surface area contributed by atoms with Gasteiger partial charge in [0.05, 0.1) is 5.41 Å². The lowest BCUT2D eigenvalue weighted by atomic mass is 9.70. The van der Waals surface area contributed by atoms with Crippen molar-refractivity contribution in [3.8, 4) is 33.4 Å². The van der Waals surface area contributed by atoms with Gasteiger partial charge in [0.1, 0.15) is 0 Å². The van der Waals surface area contributed by atoms with Crippen molar-refractivity contribution in [1.29, 1.82) is 0 Å². The summed E-state index contributed by atoms with van der Waals surface area (Å²) in [6.07, 6.45) is 0.344. The zero-order chi connectivity index (χ0) is 29.3. The fourth-order valence-corrected chi connectivity index (χ4v) is 7.94. The van der Waals surface area contributed by atoms with Gasteiger partial charge >= 0.3 is 0 Å². The molecule has 1 spiro atoms. The van der Waals surface area contributed by atoms with Crippen molar-refractivity contribution in [2.75, 3.05) is 0 Å². The number of ketones is 1. The molecule has 1 nitrogen and oxygen atoms in total. The van der Waals surface area contributed by atoms with E-state index in [0.29, 0.717) is 6.42 Å². The van der Waals surface area contributed by atoms with Crippen LogP contribution in [0.1, 0.15) is 38.2 Å². The molecule has 0 saturated heterocycles. The molecule has 2 aliphatic carbocycles. The van der Waals surface area contributed by atoms with Crippen LogP contribution in [0.25, 0.3) is 44.2 Å². The molecule has 0 N–H and O–H groups in total. The highest BCUT2D eigenvalue weighted by Gasteiger charge is 2.51. The summed E-state index contributed by atoms with van der Waals surface area (Å²) < 4.78 is 0. The van der Waals surface area contributed by atoms with E-state index in [0.717, 1.165) is 27.5 Å². The molecule has 2 aliphatic rings. The molecular weight excluding hydrogens is 532 g/mol. The van der Waals surface area contributed by atoms with Crippen molar-refractivity contribution in [3.05, 3.63) is 191 Å². The van der Waals surface area contributed by atoms with Gasteiger partial charge in [0.25, 0.3) is 0 Å². The third-order valence-corrected chi connectivity index (χ3v) is 9.75. The van der Waals surface area contributed by atoms with Gasteiger partial charge in [-0.05, 0) is 78.0 Å². The molecule has 0 aliphatic heterocycles. The Morgan fingerprint density at radius 1 is 0.432 bits per heavy atom. The summed E-state index contributed by atoms with van der Waals surface area (Å²) in [6, 6.07) is 56.1. The lowest BCUT2D eigenvalue weighted by Gasteiger charge is -2.30. The van der Waals surface area contributed by atoms with Gasteiger partial charge < -0.3 is 0 Å². The first-order valence-corrected chi connectivity index (χ1v) is 15.3. The number of Topliss-reactive ketones (excluding diaryl/α,β-unsaturated/α-hetero) is 1. The molecule has 0 heterocycles. The molecule has 0 aromatic heterocycles. The van der Waals surface area contributed by atoms with Gasteiger partial charge in [-0.25, -0.2) is 0 Å². The Bertz CT molecular complexity index is 2240. The van der Waals surface area contributed by atoms with Gasteiger partial charge in [0, 0.05) is 12.0 Å². The van der Waals surface area contributed by atoms with Gasteiger partial charge in [-0.15, -0.1) is 0 Å². The van der Waals surface area contributed by atoms with Crippen molar-refractivity contribution in [1.82, 2.24) is 0 Å². The summed E-state index contributed by atoms with van der Waals surface area (Å²) >= 11 is 0. The summed E-state index contributed by atoms with van der Waals surface area (Å²) in [4.78, 5) is 13.8. The monoisotopic (exact) mass is 560 g/mol. The third kappa shape index (κ3) is 3.38. The first kappa shape index (κ1) is 25.0. The van der Waals surface area contributed by atoms with Crippen LogP contribution in [0.2, 0.25) is 0 Å². The van der Waals surface area contributed by atoms with E-state index in [2.05, 4.69) is 127 Å². The Hall–Kier alpha value is -5.53. The quantitative estimate of drug-likeness (QED) is 0.196. The SMILES string of the molecule is O=C(Cc1ccccc1-c1cccc2c1-c1ccccc1C21c2ccccc2-c2ccccc21)c1ccc2ccccc2c1. The standard InChI is InChI=1S/C43H28O/c44-41(31-25-24-28-12-1-2-13-29(28)26-31)27-30-14-3-4-15-32(30)35-19-11-23-40-42(35)36-18-7-10-22-39(36)43(40)37-20-8-5-16-33(37)34-17-6-9-21-38(34)43/h1-26H,27H2. The lowest BCUT2D eigenvalue weighted by molar-refractivity contribution is 0.0993. The number of hydrogen-bond acceptors (Lipinski definition) is 1. The minimum atomic E-state index is -0.384. The van der Waals surface area contributed by atoms with Crippen LogP contribution in [0.15, 0.2) is 158 Å². The van der Waals surface area contributed by atoms with E-state index in [-0.39, 0.29) is 11.2 Å². The minimum Gasteiger partial charge on any atom is -0.294 e. The maximum absolute atomic E-state index is 13.8. The Morgan fingerprint density at radius 2 is 0.955 bits per heavy atom. The Kier molecular flexibility index (Phi) is 5.39. The van der Waals surface area contributed by atoms with E-state index in [9.17, 15) is 4.79 Å². The van der Waals surface area contributed by atoms with E-state index in [4.69, 9.17) is 0 Å². The fourth-order valence-electron chi connectivity index (χ4n) is 7.94. The fraction of sp³-hybridized carbons (Fsp3) is 0.0465. The average Bonchev–Trinajstić information content (AvgIpc) is 3.56. The molecule has 206 valence electrons. The number of carbonyl (C=O) groups is 1. The van der Waals surface area contributed by atoms with Crippen LogP contribution in [0.5, 0.6) is 0 Å². The number of rotatable bonds is 4. The molecule has 7 aromatic carbocycles. The summed E-state index contributed by atoms with van der Waals surface area (Å²) in [5.41, 5.74) is 14.1. The van der Waals surface area contributed by atoms with Gasteiger partial charge in [0.2, 0.25) is 0 Å². The molecule has 0 bridgehead atoms. The highest BCUT2D eigenvalue weighted by atomic mass is 16.1. The zero-order valence-corrected chi connectivity index (χ0v) is 24.1. The summed E-state index contributed by atoms with van der Waals surface area (Å²) in [6.45, 7) is 0. The summed E-state index contributed by atoms with van der Waals surface area (Å²) in [5.74, 6) is 0.131. The molecular formula is C43H28O. The van der Waals surface area contributed by atoms with Crippen LogP contribution >= 0.6 is 0 Å². The average molecular weight is 561 g/mol. The first-order chi connectivity index (χ1) is 21.7. The molecule has 0 atom stereocenters. The molecule has 0 unspecified atom stereocenters. The van der Waals surface area contributed by atoms with E-state index < -0.39 is 0 Å². The molecule has 0 fully saturated rings.